The van der Waals surface area contributed by atoms with Crippen molar-refractivity contribution in [2.24, 2.45) is 0 Å². The fourth-order valence-electron chi connectivity index (χ4n) is 4.62. The van der Waals surface area contributed by atoms with Crippen LogP contribution in [0.1, 0.15) is 35.6 Å². The lowest BCUT2D eigenvalue weighted by molar-refractivity contribution is 0.123. The number of carbonyl (C=O) groups is 1. The van der Waals surface area contributed by atoms with Crippen molar-refractivity contribution in [3.8, 4) is 23.0 Å². The summed E-state index contributed by atoms with van der Waals surface area (Å²) in [5.41, 5.74) is 4.96. The Morgan fingerprint density at radius 1 is 1.08 bits per heavy atom. The highest BCUT2D eigenvalue weighted by atomic mass is 16.5. The van der Waals surface area contributed by atoms with Crippen LogP contribution in [0.2, 0.25) is 0 Å². The summed E-state index contributed by atoms with van der Waals surface area (Å²) in [5.74, 6) is 0.515. The van der Waals surface area contributed by atoms with Crippen LogP contribution in [0.25, 0.3) is 16.9 Å². The fraction of sp³-hybridized carbons (Fsp3) is 0.259. The molecular weight excluding hydrogens is 456 g/mol. The molecular formula is C27H28N6O3. The van der Waals surface area contributed by atoms with Crippen LogP contribution in [-0.4, -0.2) is 44.1 Å². The van der Waals surface area contributed by atoms with Gasteiger partial charge in [0.1, 0.15) is 11.5 Å². The zero-order valence-corrected chi connectivity index (χ0v) is 20.2. The van der Waals surface area contributed by atoms with Gasteiger partial charge in [0.05, 0.1) is 24.9 Å². The minimum atomic E-state index is -0.675. The van der Waals surface area contributed by atoms with Crippen LogP contribution in [-0.2, 0) is 6.42 Å². The molecule has 2 unspecified atom stereocenters. The molecule has 2 atom stereocenters. The normalized spacial score (nSPS) is 17.1. The summed E-state index contributed by atoms with van der Waals surface area (Å²) in [6.07, 6.45) is 4.96. The number of benzene rings is 2. The van der Waals surface area contributed by atoms with Crippen molar-refractivity contribution >= 4 is 11.8 Å². The Balaban J connectivity index is 1.48. The zero-order chi connectivity index (χ0) is 25.1. The molecule has 0 aliphatic heterocycles. The molecule has 0 radical (unpaired) electrons. The molecule has 2 aromatic carbocycles. The summed E-state index contributed by atoms with van der Waals surface area (Å²) in [4.78, 5) is 21.7. The third kappa shape index (κ3) is 4.65. The van der Waals surface area contributed by atoms with Crippen molar-refractivity contribution < 1.29 is 14.6 Å². The summed E-state index contributed by atoms with van der Waals surface area (Å²) in [7, 11) is 1.51. The number of hydrogen-bond donors (Lipinski definition) is 3. The van der Waals surface area contributed by atoms with E-state index in [0.717, 1.165) is 35.2 Å². The highest BCUT2D eigenvalue weighted by Gasteiger charge is 2.28. The number of nitrogens with zero attached hydrogens (tertiary/aromatic N) is 4. The van der Waals surface area contributed by atoms with Crippen LogP contribution < -0.4 is 15.4 Å². The number of methoxy groups -OCH3 is 1. The molecule has 9 nitrogen and oxygen atoms in total. The van der Waals surface area contributed by atoms with E-state index < -0.39 is 18.2 Å². The summed E-state index contributed by atoms with van der Waals surface area (Å²) >= 11 is 0. The molecule has 0 bridgehead atoms. The van der Waals surface area contributed by atoms with Crippen molar-refractivity contribution in [1.82, 2.24) is 25.1 Å². The second kappa shape index (κ2) is 10.2. The number of para-hydroxylation sites is 1. The van der Waals surface area contributed by atoms with Gasteiger partial charge in [-0.1, -0.05) is 42.5 Å². The van der Waals surface area contributed by atoms with Gasteiger partial charge in [-0.2, -0.15) is 5.10 Å². The lowest BCUT2D eigenvalue weighted by Crippen LogP contribution is -2.39. The number of nitrogens with one attached hydrogen (secondary N) is 2. The molecule has 2 amide bonds. The lowest BCUT2D eigenvalue weighted by atomic mass is 9.98. The molecule has 3 N–H and O–H groups in total. The number of aryl methyl sites for hydroxylation is 1. The molecule has 5 rings (SSSR count). The van der Waals surface area contributed by atoms with E-state index in [1.807, 2.05) is 55.5 Å². The van der Waals surface area contributed by atoms with Crippen molar-refractivity contribution in [1.29, 1.82) is 0 Å². The Bertz CT molecular complexity index is 1350. The van der Waals surface area contributed by atoms with Crippen LogP contribution in [0.5, 0.6) is 6.01 Å². The van der Waals surface area contributed by atoms with E-state index in [-0.39, 0.29) is 6.01 Å². The number of anilines is 1. The second-order valence-corrected chi connectivity index (χ2v) is 8.76. The summed E-state index contributed by atoms with van der Waals surface area (Å²) < 4.78 is 6.75. The quantitative estimate of drug-likeness (QED) is 0.366. The Morgan fingerprint density at radius 3 is 2.56 bits per heavy atom. The highest BCUT2D eigenvalue weighted by molar-refractivity contribution is 5.91. The molecule has 1 aliphatic rings. The van der Waals surface area contributed by atoms with E-state index in [0.29, 0.717) is 23.5 Å². The zero-order valence-electron chi connectivity index (χ0n) is 20.2. The van der Waals surface area contributed by atoms with Gasteiger partial charge in [0.25, 0.3) is 0 Å². The molecule has 36 heavy (non-hydrogen) atoms. The van der Waals surface area contributed by atoms with E-state index in [2.05, 4.69) is 26.7 Å². The molecule has 0 spiro atoms. The van der Waals surface area contributed by atoms with Crippen LogP contribution in [0.3, 0.4) is 0 Å². The first kappa shape index (κ1) is 23.5. The molecule has 0 fully saturated rings. The van der Waals surface area contributed by atoms with Gasteiger partial charge in [-0.3, -0.25) is 5.32 Å². The Morgan fingerprint density at radius 2 is 1.81 bits per heavy atom. The van der Waals surface area contributed by atoms with Crippen molar-refractivity contribution in [3.05, 3.63) is 83.7 Å². The van der Waals surface area contributed by atoms with Gasteiger partial charge >= 0.3 is 12.0 Å². The minimum absolute atomic E-state index is 0.263. The molecule has 9 heteroatoms. The standard InChI is InChI=1S/C27H28N6O3/c1-17-23(19-15-28-27(36-2)29-16-19)32-33(20-11-4-3-5-12-20)25(17)31-26(35)30-24-21-13-7-6-9-18(21)10-8-14-22(24)34/h3-7,9,11-13,15-16,22,24,34H,8,10,14H2,1-2H3,(H2,30,31,35). The maximum Gasteiger partial charge on any atom is 0.320 e. The number of aromatic nitrogens is 4. The Hall–Kier alpha value is -4.24. The molecule has 184 valence electrons. The third-order valence-electron chi connectivity index (χ3n) is 6.45. The smallest absolute Gasteiger partial charge is 0.320 e. The number of rotatable bonds is 5. The maximum atomic E-state index is 13.3. The molecule has 1 aliphatic carbocycles. The number of aliphatic hydroxyl groups is 1. The first-order valence-corrected chi connectivity index (χ1v) is 11.9. The van der Waals surface area contributed by atoms with E-state index in [9.17, 15) is 9.90 Å². The highest BCUT2D eigenvalue weighted by Crippen LogP contribution is 2.32. The molecule has 0 saturated heterocycles. The van der Waals surface area contributed by atoms with Crippen LogP contribution in [0.4, 0.5) is 10.6 Å². The van der Waals surface area contributed by atoms with Gasteiger partial charge < -0.3 is 15.2 Å². The minimum Gasteiger partial charge on any atom is -0.467 e. The number of carbonyl (C=O) groups excluding carboxylic acids is 1. The molecule has 0 saturated carbocycles. The summed E-state index contributed by atoms with van der Waals surface area (Å²) in [6, 6.07) is 16.8. The fourth-order valence-corrected chi connectivity index (χ4v) is 4.62. The predicted octanol–water partition coefficient (Wildman–Crippen LogP) is 4.21. The van der Waals surface area contributed by atoms with Gasteiger partial charge in [-0.05, 0) is 49.4 Å². The topological polar surface area (TPSA) is 114 Å². The summed E-state index contributed by atoms with van der Waals surface area (Å²) in [6.45, 7) is 1.89. The number of amides is 2. The average molecular weight is 485 g/mol. The second-order valence-electron chi connectivity index (χ2n) is 8.76. The van der Waals surface area contributed by atoms with Gasteiger partial charge in [-0.15, -0.1) is 0 Å². The van der Waals surface area contributed by atoms with E-state index in [1.165, 1.54) is 7.11 Å². The van der Waals surface area contributed by atoms with E-state index in [1.54, 1.807) is 17.1 Å². The monoisotopic (exact) mass is 484 g/mol. The average Bonchev–Trinajstić information content (AvgIpc) is 3.14. The third-order valence-corrected chi connectivity index (χ3v) is 6.45. The largest absolute Gasteiger partial charge is 0.467 e. The molecule has 2 aromatic heterocycles. The van der Waals surface area contributed by atoms with Gasteiger partial charge in [0.2, 0.25) is 0 Å². The lowest BCUT2D eigenvalue weighted by Gasteiger charge is -2.24. The van der Waals surface area contributed by atoms with Gasteiger partial charge in [-0.25, -0.2) is 19.4 Å². The van der Waals surface area contributed by atoms with Crippen LogP contribution in [0.15, 0.2) is 67.0 Å². The van der Waals surface area contributed by atoms with Crippen LogP contribution in [0, 0.1) is 6.92 Å². The van der Waals surface area contributed by atoms with Crippen molar-refractivity contribution in [2.75, 3.05) is 12.4 Å². The molecule has 2 heterocycles. The maximum absolute atomic E-state index is 13.3. The number of fused-ring (bicyclic) bond motifs is 1. The van der Waals surface area contributed by atoms with Crippen molar-refractivity contribution in [2.45, 2.75) is 38.3 Å². The Kier molecular flexibility index (Phi) is 6.64. The SMILES string of the molecule is COc1ncc(-c2nn(-c3ccccc3)c(NC(=O)NC3c4ccccc4CCCC3O)c2C)cn1. The number of aliphatic hydroxyl groups excluding tert-OH is 1. The predicted molar refractivity (Wildman–Crippen MR) is 136 cm³/mol. The van der Waals surface area contributed by atoms with E-state index >= 15 is 0 Å². The van der Waals surface area contributed by atoms with E-state index in [4.69, 9.17) is 9.84 Å². The Labute approximate surface area is 209 Å². The number of hydrogen-bond acceptors (Lipinski definition) is 6. The molecule has 4 aromatic rings. The number of ether oxygens (including phenoxy) is 1. The van der Waals surface area contributed by atoms with Crippen LogP contribution >= 0.6 is 0 Å². The van der Waals surface area contributed by atoms with Gasteiger partial charge in [0, 0.05) is 23.5 Å². The summed E-state index contributed by atoms with van der Waals surface area (Å²) in [5, 5.41) is 21.6. The van der Waals surface area contributed by atoms with Crippen molar-refractivity contribution in [3.63, 3.8) is 0 Å². The first-order valence-electron chi connectivity index (χ1n) is 11.9. The first-order chi connectivity index (χ1) is 17.5. The number of urea groups is 1. The van der Waals surface area contributed by atoms with Gasteiger partial charge in [0.15, 0.2) is 0 Å².